The Morgan fingerprint density at radius 2 is 2.24 bits per heavy atom. The average molecular weight is 358 g/mol. The molecule has 6 nitrogen and oxygen atoms in total. The number of carbonyl (C=O) groups excluding carboxylic acids is 1. The quantitative estimate of drug-likeness (QED) is 0.272. The summed E-state index contributed by atoms with van der Waals surface area (Å²) >= 11 is 1.47. The van der Waals surface area contributed by atoms with E-state index in [0.29, 0.717) is 6.07 Å². The molecule has 0 saturated carbocycles. The van der Waals surface area contributed by atoms with Gasteiger partial charge in [-0.05, 0) is 22.6 Å². The van der Waals surface area contributed by atoms with Crippen molar-refractivity contribution in [1.82, 2.24) is 4.98 Å². The standard InChI is InChI=1S/C8H5F2IN2O4/c1-17-8(14)5-4(13(15)16)2-3(6(9)10)12-7(5)11/h2,6H,1H3. The van der Waals surface area contributed by atoms with Crippen LogP contribution in [0, 0.1) is 13.8 Å². The Kier molecular flexibility index (Phi) is 4.26. The van der Waals surface area contributed by atoms with Crippen LogP contribution in [0.5, 0.6) is 0 Å². The van der Waals surface area contributed by atoms with Gasteiger partial charge in [-0.25, -0.2) is 18.6 Å². The molecule has 0 bridgehead atoms. The zero-order chi connectivity index (χ0) is 13.2. The first kappa shape index (κ1) is 13.7. The van der Waals surface area contributed by atoms with E-state index in [2.05, 4.69) is 9.72 Å². The molecule has 17 heavy (non-hydrogen) atoms. The summed E-state index contributed by atoms with van der Waals surface area (Å²) in [7, 11) is 1.03. The molecule has 92 valence electrons. The molecule has 1 heterocycles. The van der Waals surface area contributed by atoms with Crippen LogP contribution in [0.2, 0.25) is 0 Å². The lowest BCUT2D eigenvalue weighted by molar-refractivity contribution is -0.385. The highest BCUT2D eigenvalue weighted by atomic mass is 127. The van der Waals surface area contributed by atoms with Crippen molar-refractivity contribution in [2.45, 2.75) is 6.43 Å². The van der Waals surface area contributed by atoms with Gasteiger partial charge in [0, 0.05) is 6.07 Å². The minimum Gasteiger partial charge on any atom is -0.465 e. The molecule has 0 N–H and O–H groups in total. The highest BCUT2D eigenvalue weighted by Crippen LogP contribution is 2.28. The summed E-state index contributed by atoms with van der Waals surface area (Å²) in [6.45, 7) is 0. The Labute approximate surface area is 107 Å². The van der Waals surface area contributed by atoms with Gasteiger partial charge in [0.25, 0.3) is 12.1 Å². The Morgan fingerprint density at radius 1 is 1.65 bits per heavy atom. The number of hydrogen-bond donors (Lipinski definition) is 0. The second-order valence-corrected chi connectivity index (χ2v) is 3.80. The van der Waals surface area contributed by atoms with Crippen molar-refractivity contribution in [2.24, 2.45) is 0 Å². The highest BCUT2D eigenvalue weighted by Gasteiger charge is 2.28. The lowest BCUT2D eigenvalue weighted by Crippen LogP contribution is -2.11. The molecule has 1 aromatic heterocycles. The Hall–Kier alpha value is -1.39. The minimum absolute atomic E-state index is 0.195. The van der Waals surface area contributed by atoms with E-state index < -0.39 is 34.3 Å². The topological polar surface area (TPSA) is 82.3 Å². The average Bonchev–Trinajstić information content (AvgIpc) is 2.26. The summed E-state index contributed by atoms with van der Waals surface area (Å²) in [5, 5.41) is 10.7. The number of nitrogens with zero attached hydrogens (tertiary/aromatic N) is 2. The van der Waals surface area contributed by atoms with Gasteiger partial charge in [0.15, 0.2) is 5.56 Å². The van der Waals surface area contributed by atoms with Crippen molar-refractivity contribution in [3.05, 3.63) is 31.1 Å². The first-order chi connectivity index (χ1) is 7.88. The molecule has 0 unspecified atom stereocenters. The van der Waals surface area contributed by atoms with Crippen LogP contribution in [0.3, 0.4) is 0 Å². The molecule has 0 spiro atoms. The number of esters is 1. The van der Waals surface area contributed by atoms with Crippen LogP contribution >= 0.6 is 22.6 Å². The third kappa shape index (κ3) is 2.84. The monoisotopic (exact) mass is 358 g/mol. The second kappa shape index (κ2) is 5.29. The van der Waals surface area contributed by atoms with E-state index in [0.717, 1.165) is 7.11 Å². The van der Waals surface area contributed by atoms with E-state index in [1.807, 2.05) is 0 Å². The van der Waals surface area contributed by atoms with Gasteiger partial charge in [0.1, 0.15) is 9.39 Å². The van der Waals surface area contributed by atoms with Crippen LogP contribution in [-0.4, -0.2) is 23.0 Å². The molecule has 0 aromatic carbocycles. The minimum atomic E-state index is -2.95. The SMILES string of the molecule is COC(=O)c1c([N+](=O)[O-])cc(C(F)F)nc1I. The van der Waals surface area contributed by atoms with Crippen molar-refractivity contribution in [3.8, 4) is 0 Å². The Bertz CT molecular complexity index is 481. The first-order valence-corrected chi connectivity index (χ1v) is 5.17. The molecule has 0 fully saturated rings. The molecule has 1 aromatic rings. The number of methoxy groups -OCH3 is 1. The molecular formula is C8H5F2IN2O4. The smallest absolute Gasteiger partial charge is 0.347 e. The predicted molar refractivity (Wildman–Crippen MR) is 59.9 cm³/mol. The van der Waals surface area contributed by atoms with Crippen molar-refractivity contribution in [3.63, 3.8) is 0 Å². The summed E-state index contributed by atoms with van der Waals surface area (Å²) in [6, 6.07) is 0.569. The maximum absolute atomic E-state index is 12.4. The lowest BCUT2D eigenvalue weighted by atomic mass is 10.2. The summed E-state index contributed by atoms with van der Waals surface area (Å²) in [6.07, 6.45) is -2.95. The van der Waals surface area contributed by atoms with E-state index in [-0.39, 0.29) is 3.70 Å². The predicted octanol–water partition coefficient (Wildman–Crippen LogP) is 2.32. The fraction of sp³-hybridized carbons (Fsp3) is 0.250. The van der Waals surface area contributed by atoms with Gasteiger partial charge in [-0.15, -0.1) is 0 Å². The second-order valence-electron chi connectivity index (χ2n) is 2.78. The van der Waals surface area contributed by atoms with E-state index >= 15 is 0 Å². The van der Waals surface area contributed by atoms with Crippen LogP contribution in [0.15, 0.2) is 6.07 Å². The molecule has 0 aliphatic carbocycles. The van der Waals surface area contributed by atoms with Crippen LogP contribution in [0.25, 0.3) is 0 Å². The molecule has 9 heteroatoms. The van der Waals surface area contributed by atoms with Gasteiger partial charge in [-0.2, -0.15) is 0 Å². The fourth-order valence-electron chi connectivity index (χ4n) is 1.07. The Morgan fingerprint density at radius 3 is 2.65 bits per heavy atom. The maximum Gasteiger partial charge on any atom is 0.347 e. The van der Waals surface area contributed by atoms with Gasteiger partial charge >= 0.3 is 5.97 Å². The number of nitro groups is 1. The van der Waals surface area contributed by atoms with Crippen LogP contribution in [0.4, 0.5) is 14.5 Å². The Balaban J connectivity index is 3.49. The summed E-state index contributed by atoms with van der Waals surface area (Å²) < 4.78 is 28.9. The molecular weight excluding hydrogens is 353 g/mol. The molecule has 0 aliphatic rings. The highest BCUT2D eigenvalue weighted by molar-refractivity contribution is 14.1. The lowest BCUT2D eigenvalue weighted by Gasteiger charge is -2.05. The van der Waals surface area contributed by atoms with Crippen LogP contribution < -0.4 is 0 Å². The molecule has 0 aliphatic heterocycles. The number of pyridine rings is 1. The maximum atomic E-state index is 12.4. The number of alkyl halides is 2. The first-order valence-electron chi connectivity index (χ1n) is 4.09. The molecule has 0 radical (unpaired) electrons. The summed E-state index contributed by atoms with van der Waals surface area (Å²) in [5.74, 6) is -0.991. The van der Waals surface area contributed by atoms with Gasteiger partial charge in [-0.3, -0.25) is 10.1 Å². The number of halogens is 3. The zero-order valence-electron chi connectivity index (χ0n) is 8.32. The summed E-state index contributed by atoms with van der Waals surface area (Å²) in [5.41, 5.74) is -1.93. The van der Waals surface area contributed by atoms with E-state index in [1.165, 1.54) is 22.6 Å². The van der Waals surface area contributed by atoms with E-state index in [9.17, 15) is 23.7 Å². The molecule has 0 saturated heterocycles. The largest absolute Gasteiger partial charge is 0.465 e. The van der Waals surface area contributed by atoms with Crippen molar-refractivity contribution < 1.29 is 23.2 Å². The number of aromatic nitrogens is 1. The van der Waals surface area contributed by atoms with Gasteiger partial charge in [-0.1, -0.05) is 0 Å². The third-order valence-electron chi connectivity index (χ3n) is 1.78. The van der Waals surface area contributed by atoms with Gasteiger partial charge < -0.3 is 4.74 Å². The normalized spacial score (nSPS) is 10.4. The number of hydrogen-bond acceptors (Lipinski definition) is 5. The molecule has 0 atom stereocenters. The number of ether oxygens (including phenoxy) is 1. The summed E-state index contributed by atoms with van der Waals surface area (Å²) in [4.78, 5) is 24.5. The van der Waals surface area contributed by atoms with Crippen LogP contribution in [-0.2, 0) is 4.74 Å². The number of carbonyl (C=O) groups is 1. The zero-order valence-corrected chi connectivity index (χ0v) is 10.5. The molecule has 1 rings (SSSR count). The number of rotatable bonds is 3. The van der Waals surface area contributed by atoms with Crippen molar-refractivity contribution in [2.75, 3.05) is 7.11 Å². The molecule has 0 amide bonds. The van der Waals surface area contributed by atoms with E-state index in [1.54, 1.807) is 0 Å². The van der Waals surface area contributed by atoms with Gasteiger partial charge in [0.2, 0.25) is 0 Å². The van der Waals surface area contributed by atoms with E-state index in [4.69, 9.17) is 0 Å². The van der Waals surface area contributed by atoms with Crippen molar-refractivity contribution in [1.29, 1.82) is 0 Å². The fourth-order valence-corrected chi connectivity index (χ4v) is 1.84. The van der Waals surface area contributed by atoms with Gasteiger partial charge in [0.05, 0.1) is 12.0 Å². The van der Waals surface area contributed by atoms with Crippen molar-refractivity contribution >= 4 is 34.2 Å². The third-order valence-corrected chi connectivity index (χ3v) is 2.56. The van der Waals surface area contributed by atoms with Crippen LogP contribution in [0.1, 0.15) is 22.5 Å².